The van der Waals surface area contributed by atoms with Crippen LogP contribution in [-0.2, 0) is 0 Å². The van der Waals surface area contributed by atoms with Crippen LogP contribution in [0.3, 0.4) is 0 Å². The number of terminal acetylenes is 1. The van der Waals surface area contributed by atoms with Crippen LogP contribution >= 0.6 is 0 Å². The second kappa shape index (κ2) is 6.21. The van der Waals surface area contributed by atoms with Crippen LogP contribution in [0.15, 0.2) is 30.3 Å². The highest BCUT2D eigenvalue weighted by Gasteiger charge is 2.14. The van der Waals surface area contributed by atoms with Crippen LogP contribution in [0.2, 0.25) is 0 Å². The van der Waals surface area contributed by atoms with Crippen molar-refractivity contribution < 1.29 is 4.79 Å². The molecule has 3 heteroatoms. The number of aryl methyl sites for hydroxylation is 1. The number of rotatable bonds is 4. The Bertz CT molecular complexity index is 670. The number of amides is 1. The third kappa shape index (κ3) is 2.97. The molecule has 0 spiro atoms. The Morgan fingerprint density at radius 3 is 2.90 bits per heavy atom. The Balaban J connectivity index is 2.37. The SMILES string of the molecule is C#CC(CCC)NC(=O)c1cc(C)nc2ccccc12. The standard InChI is InChI=1S/C17H18N2O/c1-4-8-13(5-2)19-17(20)15-11-12(3)18-16-10-7-6-9-14(15)16/h2,6-7,9-11,13H,4,8H2,1,3H3,(H,19,20). The second-order valence-electron chi connectivity index (χ2n) is 4.81. The quantitative estimate of drug-likeness (QED) is 0.864. The minimum atomic E-state index is -0.222. The molecule has 102 valence electrons. The van der Waals surface area contributed by atoms with E-state index in [0.29, 0.717) is 5.56 Å². The van der Waals surface area contributed by atoms with Crippen LogP contribution < -0.4 is 5.32 Å². The fraction of sp³-hybridized carbons (Fsp3) is 0.294. The van der Waals surface area contributed by atoms with Crippen molar-refractivity contribution in [1.29, 1.82) is 0 Å². The van der Waals surface area contributed by atoms with Crippen LogP contribution in [0.25, 0.3) is 10.9 Å². The lowest BCUT2D eigenvalue weighted by molar-refractivity contribution is 0.0946. The van der Waals surface area contributed by atoms with E-state index < -0.39 is 0 Å². The fourth-order valence-corrected chi connectivity index (χ4v) is 2.22. The predicted octanol–water partition coefficient (Wildman–Crippen LogP) is 3.07. The summed E-state index contributed by atoms with van der Waals surface area (Å²) in [6, 6.07) is 9.21. The van der Waals surface area contributed by atoms with Gasteiger partial charge in [0.15, 0.2) is 0 Å². The average molecular weight is 266 g/mol. The summed E-state index contributed by atoms with van der Waals surface area (Å²) in [5.41, 5.74) is 2.27. The summed E-state index contributed by atoms with van der Waals surface area (Å²) >= 11 is 0. The van der Waals surface area contributed by atoms with Gasteiger partial charge in [-0.25, -0.2) is 0 Å². The van der Waals surface area contributed by atoms with Gasteiger partial charge in [0.25, 0.3) is 5.91 Å². The molecule has 0 radical (unpaired) electrons. The van der Waals surface area contributed by atoms with E-state index in [9.17, 15) is 4.79 Å². The van der Waals surface area contributed by atoms with E-state index in [1.807, 2.05) is 38.1 Å². The van der Waals surface area contributed by atoms with Crippen LogP contribution in [0, 0.1) is 19.3 Å². The number of benzene rings is 1. The van der Waals surface area contributed by atoms with E-state index >= 15 is 0 Å². The zero-order valence-electron chi connectivity index (χ0n) is 11.8. The van der Waals surface area contributed by atoms with Gasteiger partial charge < -0.3 is 5.32 Å². The van der Waals surface area contributed by atoms with Gasteiger partial charge in [0.05, 0.1) is 17.1 Å². The molecule has 3 nitrogen and oxygen atoms in total. The summed E-state index contributed by atoms with van der Waals surface area (Å²) in [7, 11) is 0. The lowest BCUT2D eigenvalue weighted by atomic mass is 10.1. The monoisotopic (exact) mass is 266 g/mol. The van der Waals surface area contributed by atoms with Crippen molar-refractivity contribution in [1.82, 2.24) is 10.3 Å². The maximum atomic E-state index is 12.4. The molecule has 0 fully saturated rings. The van der Waals surface area contributed by atoms with E-state index in [-0.39, 0.29) is 11.9 Å². The molecule has 1 atom stereocenters. The van der Waals surface area contributed by atoms with Crippen molar-refractivity contribution in [3.63, 3.8) is 0 Å². The van der Waals surface area contributed by atoms with Crippen LogP contribution in [0.4, 0.5) is 0 Å². The topological polar surface area (TPSA) is 42.0 Å². The molecule has 0 bridgehead atoms. The molecule has 1 N–H and O–H groups in total. The van der Waals surface area contributed by atoms with Gasteiger partial charge in [0, 0.05) is 11.1 Å². The molecule has 0 aliphatic rings. The van der Waals surface area contributed by atoms with Crippen LogP contribution in [0.5, 0.6) is 0 Å². The maximum absolute atomic E-state index is 12.4. The Labute approximate surface area is 119 Å². The van der Waals surface area contributed by atoms with Gasteiger partial charge in [-0.2, -0.15) is 0 Å². The van der Waals surface area contributed by atoms with E-state index in [4.69, 9.17) is 6.42 Å². The molecule has 20 heavy (non-hydrogen) atoms. The van der Waals surface area contributed by atoms with Crippen molar-refractivity contribution in [2.45, 2.75) is 32.7 Å². The Morgan fingerprint density at radius 1 is 1.45 bits per heavy atom. The summed E-state index contributed by atoms with van der Waals surface area (Å²) in [5, 5.41) is 3.75. The molecule has 2 rings (SSSR count). The van der Waals surface area contributed by atoms with Gasteiger partial charge in [0.1, 0.15) is 0 Å². The molecule has 1 amide bonds. The minimum Gasteiger partial charge on any atom is -0.338 e. The first-order valence-electron chi connectivity index (χ1n) is 6.79. The van der Waals surface area contributed by atoms with Crippen molar-refractivity contribution in [3.8, 4) is 12.3 Å². The number of para-hydroxylation sites is 1. The molecule has 1 aromatic heterocycles. The van der Waals surface area contributed by atoms with Crippen molar-refractivity contribution in [2.24, 2.45) is 0 Å². The molecule has 1 heterocycles. The molecular formula is C17H18N2O. The first-order valence-corrected chi connectivity index (χ1v) is 6.79. The van der Waals surface area contributed by atoms with Gasteiger partial charge in [-0.15, -0.1) is 6.42 Å². The van der Waals surface area contributed by atoms with Crippen molar-refractivity contribution >= 4 is 16.8 Å². The zero-order chi connectivity index (χ0) is 14.5. The Morgan fingerprint density at radius 2 is 2.20 bits per heavy atom. The van der Waals surface area contributed by atoms with Crippen LogP contribution in [0.1, 0.15) is 35.8 Å². The summed E-state index contributed by atoms with van der Waals surface area (Å²) in [5.74, 6) is 2.48. The second-order valence-corrected chi connectivity index (χ2v) is 4.81. The van der Waals surface area contributed by atoms with E-state index in [1.54, 1.807) is 6.07 Å². The largest absolute Gasteiger partial charge is 0.338 e. The van der Waals surface area contributed by atoms with Gasteiger partial charge in [0.2, 0.25) is 0 Å². The number of hydrogen-bond acceptors (Lipinski definition) is 2. The summed E-state index contributed by atoms with van der Waals surface area (Å²) in [6.45, 7) is 3.93. The predicted molar refractivity (Wildman–Crippen MR) is 81.5 cm³/mol. The summed E-state index contributed by atoms with van der Waals surface area (Å²) < 4.78 is 0. The molecular weight excluding hydrogens is 248 g/mol. The Kier molecular flexibility index (Phi) is 4.37. The van der Waals surface area contributed by atoms with Gasteiger partial charge in [-0.05, 0) is 25.5 Å². The minimum absolute atomic E-state index is 0.136. The molecule has 1 unspecified atom stereocenters. The van der Waals surface area contributed by atoms with Gasteiger partial charge in [-0.1, -0.05) is 37.5 Å². The van der Waals surface area contributed by atoms with Gasteiger partial charge >= 0.3 is 0 Å². The molecule has 0 aliphatic heterocycles. The normalized spacial score (nSPS) is 11.8. The highest BCUT2D eigenvalue weighted by atomic mass is 16.1. The highest BCUT2D eigenvalue weighted by molar-refractivity contribution is 6.06. The third-order valence-corrected chi connectivity index (χ3v) is 3.17. The Hall–Kier alpha value is -2.34. The van der Waals surface area contributed by atoms with E-state index in [1.165, 1.54) is 0 Å². The lowest BCUT2D eigenvalue weighted by Crippen LogP contribution is -2.33. The third-order valence-electron chi connectivity index (χ3n) is 3.17. The molecule has 0 saturated carbocycles. The number of nitrogens with zero attached hydrogens (tertiary/aromatic N) is 1. The molecule has 0 saturated heterocycles. The molecule has 1 aromatic carbocycles. The lowest BCUT2D eigenvalue weighted by Gasteiger charge is -2.13. The number of pyridine rings is 1. The maximum Gasteiger partial charge on any atom is 0.253 e. The average Bonchev–Trinajstić information content (AvgIpc) is 2.45. The van der Waals surface area contributed by atoms with Gasteiger partial charge in [-0.3, -0.25) is 9.78 Å². The number of carbonyl (C=O) groups excluding carboxylic acids is 1. The smallest absolute Gasteiger partial charge is 0.253 e. The number of carbonyl (C=O) groups is 1. The molecule has 2 aromatic rings. The highest BCUT2D eigenvalue weighted by Crippen LogP contribution is 2.18. The summed E-state index contributed by atoms with van der Waals surface area (Å²) in [4.78, 5) is 16.9. The zero-order valence-corrected chi connectivity index (χ0v) is 11.8. The van der Waals surface area contributed by atoms with Crippen LogP contribution in [-0.4, -0.2) is 16.9 Å². The van der Waals surface area contributed by atoms with Crippen molar-refractivity contribution in [3.05, 3.63) is 41.6 Å². The summed E-state index contributed by atoms with van der Waals surface area (Å²) in [6.07, 6.45) is 7.17. The molecule has 0 aliphatic carbocycles. The van der Waals surface area contributed by atoms with Crippen molar-refractivity contribution in [2.75, 3.05) is 0 Å². The number of aromatic nitrogens is 1. The first kappa shape index (κ1) is 14.1. The first-order chi connectivity index (χ1) is 9.65. The number of fused-ring (bicyclic) bond motifs is 1. The number of hydrogen-bond donors (Lipinski definition) is 1. The number of nitrogens with one attached hydrogen (secondary N) is 1. The van der Waals surface area contributed by atoms with E-state index in [2.05, 4.69) is 16.2 Å². The van der Waals surface area contributed by atoms with E-state index in [0.717, 1.165) is 29.4 Å². The fourth-order valence-electron chi connectivity index (χ4n) is 2.22.